The molecular weight excluding hydrogens is 390 g/mol. The van der Waals surface area contributed by atoms with Crippen LogP contribution in [0.1, 0.15) is 25.0 Å². The van der Waals surface area contributed by atoms with Crippen molar-refractivity contribution in [1.82, 2.24) is 9.97 Å². The number of nitrogens with zero attached hydrogens (tertiary/aromatic N) is 1. The SMILES string of the molecule is Cc1ccc(NC(=O)C(C)(C)c2ccc3c(c2)OCO3)nc1-c1ccc2cc[nH]c2c1. The molecule has 0 aliphatic carbocycles. The van der Waals surface area contributed by atoms with Crippen LogP contribution < -0.4 is 14.8 Å². The number of rotatable bonds is 4. The van der Waals surface area contributed by atoms with Gasteiger partial charge >= 0.3 is 0 Å². The molecule has 2 N–H and O–H groups in total. The zero-order chi connectivity index (χ0) is 21.6. The summed E-state index contributed by atoms with van der Waals surface area (Å²) in [4.78, 5) is 21.2. The predicted molar refractivity (Wildman–Crippen MR) is 120 cm³/mol. The average Bonchev–Trinajstić information content (AvgIpc) is 3.43. The largest absolute Gasteiger partial charge is 0.454 e. The van der Waals surface area contributed by atoms with Crippen molar-refractivity contribution in [3.8, 4) is 22.8 Å². The molecule has 0 bridgehead atoms. The molecule has 2 aromatic carbocycles. The third kappa shape index (κ3) is 3.40. The first kappa shape index (κ1) is 19.2. The Labute approximate surface area is 180 Å². The van der Waals surface area contributed by atoms with Crippen molar-refractivity contribution < 1.29 is 14.3 Å². The van der Waals surface area contributed by atoms with E-state index >= 15 is 0 Å². The number of ether oxygens (including phenoxy) is 2. The molecule has 1 aliphatic heterocycles. The van der Waals surface area contributed by atoms with Crippen LogP contribution in [0, 0.1) is 6.92 Å². The molecule has 0 unspecified atom stereocenters. The Morgan fingerprint density at radius 2 is 1.87 bits per heavy atom. The van der Waals surface area contributed by atoms with Gasteiger partial charge in [0.25, 0.3) is 0 Å². The van der Waals surface area contributed by atoms with Gasteiger partial charge in [0.05, 0.1) is 11.1 Å². The van der Waals surface area contributed by atoms with Gasteiger partial charge < -0.3 is 19.8 Å². The number of aromatic nitrogens is 2. The van der Waals surface area contributed by atoms with Crippen LogP contribution in [0.2, 0.25) is 0 Å². The third-order valence-corrected chi connectivity index (χ3v) is 5.83. The fourth-order valence-corrected chi connectivity index (χ4v) is 3.77. The summed E-state index contributed by atoms with van der Waals surface area (Å²) in [5.74, 6) is 1.73. The molecular formula is C25H23N3O3. The Kier molecular flexibility index (Phi) is 4.43. The van der Waals surface area contributed by atoms with Crippen molar-refractivity contribution >= 4 is 22.6 Å². The van der Waals surface area contributed by atoms with Gasteiger partial charge in [-0.1, -0.05) is 24.3 Å². The average molecular weight is 413 g/mol. The molecule has 156 valence electrons. The van der Waals surface area contributed by atoms with Crippen molar-refractivity contribution in [3.05, 3.63) is 71.9 Å². The van der Waals surface area contributed by atoms with E-state index in [4.69, 9.17) is 14.5 Å². The molecule has 0 radical (unpaired) electrons. The summed E-state index contributed by atoms with van der Waals surface area (Å²) in [6.07, 6.45) is 1.92. The number of fused-ring (bicyclic) bond motifs is 2. The van der Waals surface area contributed by atoms with Crippen LogP contribution >= 0.6 is 0 Å². The minimum atomic E-state index is -0.781. The Morgan fingerprint density at radius 3 is 2.74 bits per heavy atom. The first-order valence-corrected chi connectivity index (χ1v) is 10.2. The number of anilines is 1. The molecule has 6 nitrogen and oxygen atoms in total. The molecule has 3 heterocycles. The van der Waals surface area contributed by atoms with Crippen molar-refractivity contribution in [3.63, 3.8) is 0 Å². The predicted octanol–water partition coefficient (Wildman–Crippen LogP) is 5.18. The second-order valence-electron chi connectivity index (χ2n) is 8.29. The highest BCUT2D eigenvalue weighted by Gasteiger charge is 2.32. The van der Waals surface area contributed by atoms with Crippen LogP contribution in [0.25, 0.3) is 22.2 Å². The van der Waals surface area contributed by atoms with E-state index in [0.29, 0.717) is 17.3 Å². The van der Waals surface area contributed by atoms with Gasteiger partial charge in [0, 0.05) is 17.3 Å². The Morgan fingerprint density at radius 1 is 1.03 bits per heavy atom. The maximum atomic E-state index is 13.2. The normalized spacial score (nSPS) is 12.9. The molecule has 5 rings (SSSR count). The number of pyridine rings is 1. The van der Waals surface area contributed by atoms with Gasteiger partial charge in [0.2, 0.25) is 12.7 Å². The third-order valence-electron chi connectivity index (χ3n) is 5.83. The van der Waals surface area contributed by atoms with E-state index in [1.807, 2.05) is 69.4 Å². The molecule has 0 spiro atoms. The number of aryl methyl sites for hydroxylation is 1. The molecule has 0 fully saturated rings. The summed E-state index contributed by atoms with van der Waals surface area (Å²) in [5, 5.41) is 4.14. The van der Waals surface area contributed by atoms with Crippen LogP contribution in [0.3, 0.4) is 0 Å². The number of carbonyl (C=O) groups is 1. The number of benzene rings is 2. The summed E-state index contributed by atoms with van der Waals surface area (Å²) in [6.45, 7) is 5.99. The fourth-order valence-electron chi connectivity index (χ4n) is 3.77. The van der Waals surface area contributed by atoms with Crippen molar-refractivity contribution in [1.29, 1.82) is 0 Å². The van der Waals surface area contributed by atoms with Gasteiger partial charge in [-0.15, -0.1) is 0 Å². The van der Waals surface area contributed by atoms with Gasteiger partial charge in [-0.25, -0.2) is 4.98 Å². The highest BCUT2D eigenvalue weighted by atomic mass is 16.7. The van der Waals surface area contributed by atoms with Gasteiger partial charge in [0.15, 0.2) is 11.5 Å². The molecule has 4 aromatic rings. The van der Waals surface area contributed by atoms with Gasteiger partial charge in [0.1, 0.15) is 5.82 Å². The number of hydrogen-bond donors (Lipinski definition) is 2. The first-order valence-electron chi connectivity index (χ1n) is 10.2. The lowest BCUT2D eigenvalue weighted by Crippen LogP contribution is -2.35. The topological polar surface area (TPSA) is 76.2 Å². The van der Waals surface area contributed by atoms with E-state index in [2.05, 4.69) is 22.4 Å². The van der Waals surface area contributed by atoms with E-state index in [9.17, 15) is 4.79 Å². The van der Waals surface area contributed by atoms with Crippen molar-refractivity contribution in [2.75, 3.05) is 12.1 Å². The van der Waals surface area contributed by atoms with Crippen LogP contribution in [0.15, 0.2) is 60.8 Å². The maximum Gasteiger partial charge on any atom is 0.235 e. The van der Waals surface area contributed by atoms with Gasteiger partial charge in [-0.3, -0.25) is 4.79 Å². The fraction of sp³-hybridized carbons (Fsp3) is 0.200. The van der Waals surface area contributed by atoms with E-state index in [1.54, 1.807) is 0 Å². The van der Waals surface area contributed by atoms with E-state index in [1.165, 1.54) is 0 Å². The lowest BCUT2D eigenvalue weighted by Gasteiger charge is -2.24. The van der Waals surface area contributed by atoms with Crippen molar-refractivity contribution in [2.24, 2.45) is 0 Å². The van der Waals surface area contributed by atoms with E-state index < -0.39 is 5.41 Å². The lowest BCUT2D eigenvalue weighted by atomic mass is 9.83. The molecule has 0 saturated carbocycles. The highest BCUT2D eigenvalue weighted by molar-refractivity contribution is 5.98. The number of aromatic amines is 1. The lowest BCUT2D eigenvalue weighted by molar-refractivity contribution is -0.120. The summed E-state index contributed by atoms with van der Waals surface area (Å²) in [6, 6.07) is 17.6. The van der Waals surface area contributed by atoms with Crippen LogP contribution in [-0.4, -0.2) is 22.7 Å². The first-order chi connectivity index (χ1) is 14.9. The quantitative estimate of drug-likeness (QED) is 0.483. The van der Waals surface area contributed by atoms with Crippen molar-refractivity contribution in [2.45, 2.75) is 26.2 Å². The molecule has 2 aromatic heterocycles. The smallest absolute Gasteiger partial charge is 0.235 e. The standard InChI is InChI=1S/C25H23N3O3/c1-15-4-9-22(27-23(15)17-6-5-16-10-11-26-19(16)12-17)28-24(29)25(2,3)18-7-8-20-21(13-18)31-14-30-20/h4-13,26H,14H2,1-3H3,(H,27,28,29). The zero-order valence-electron chi connectivity index (χ0n) is 17.7. The molecule has 0 saturated heterocycles. The summed E-state index contributed by atoms with van der Waals surface area (Å²) in [7, 11) is 0. The molecule has 1 amide bonds. The second-order valence-corrected chi connectivity index (χ2v) is 8.29. The minimum absolute atomic E-state index is 0.145. The van der Waals surface area contributed by atoms with Crippen LogP contribution in [0.4, 0.5) is 5.82 Å². The van der Waals surface area contributed by atoms with E-state index in [-0.39, 0.29) is 12.7 Å². The number of H-pyrrole nitrogens is 1. The summed E-state index contributed by atoms with van der Waals surface area (Å²) < 4.78 is 10.8. The Hall–Kier alpha value is -3.80. The minimum Gasteiger partial charge on any atom is -0.454 e. The highest BCUT2D eigenvalue weighted by Crippen LogP contribution is 2.37. The number of nitrogens with one attached hydrogen (secondary N) is 2. The van der Waals surface area contributed by atoms with Crippen LogP contribution in [0.5, 0.6) is 11.5 Å². The monoisotopic (exact) mass is 413 g/mol. The molecule has 1 aliphatic rings. The molecule has 31 heavy (non-hydrogen) atoms. The Bertz CT molecular complexity index is 1310. The zero-order valence-corrected chi connectivity index (χ0v) is 17.7. The Balaban J connectivity index is 1.43. The maximum absolute atomic E-state index is 13.2. The summed E-state index contributed by atoms with van der Waals surface area (Å²) >= 11 is 0. The van der Waals surface area contributed by atoms with Crippen LogP contribution in [-0.2, 0) is 10.2 Å². The molecule has 0 atom stereocenters. The number of carbonyl (C=O) groups excluding carboxylic acids is 1. The summed E-state index contributed by atoms with van der Waals surface area (Å²) in [5.41, 5.74) is 4.00. The molecule has 6 heteroatoms. The van der Waals surface area contributed by atoms with E-state index in [0.717, 1.165) is 33.3 Å². The number of amides is 1. The van der Waals surface area contributed by atoms with Gasteiger partial charge in [-0.05, 0) is 67.6 Å². The van der Waals surface area contributed by atoms with Gasteiger partial charge in [-0.2, -0.15) is 0 Å². The second kappa shape index (κ2) is 7.16. The number of hydrogen-bond acceptors (Lipinski definition) is 4.